The van der Waals surface area contributed by atoms with Crippen molar-refractivity contribution in [2.75, 3.05) is 21.3 Å². The molecule has 0 amide bonds. The molecule has 0 saturated carbocycles. The number of hydrogen-bond donors (Lipinski definition) is 1. The van der Waals surface area contributed by atoms with Crippen LogP contribution in [0.2, 0.25) is 0 Å². The van der Waals surface area contributed by atoms with Crippen molar-refractivity contribution in [3.63, 3.8) is 0 Å². The normalized spacial score (nSPS) is 13.5. The molecule has 0 aliphatic heterocycles. The first-order valence-electron chi connectivity index (χ1n) is 9.70. The molecule has 0 unspecified atom stereocenters. The van der Waals surface area contributed by atoms with E-state index in [1.54, 1.807) is 51.3 Å². The lowest BCUT2D eigenvalue weighted by Gasteiger charge is -2.24. The highest BCUT2D eigenvalue weighted by Gasteiger charge is 2.35. The third kappa shape index (κ3) is 2.86. The predicted octanol–water partition coefficient (Wildman–Crippen LogP) is 4.73. The number of benzene rings is 3. The predicted molar refractivity (Wildman–Crippen MR) is 118 cm³/mol. The molecule has 0 bridgehead atoms. The molecular weight excluding hydrogens is 396 g/mol. The number of Topliss-reactive ketones (excluding diaryl/α,β-unsaturated/α-hetero) is 2. The maximum absolute atomic E-state index is 13.6. The number of phenols is 1. The second-order valence-corrected chi connectivity index (χ2v) is 7.35. The van der Waals surface area contributed by atoms with Crippen molar-refractivity contribution in [2.45, 2.75) is 13.8 Å². The summed E-state index contributed by atoms with van der Waals surface area (Å²) in [7, 11) is 4.50. The molecule has 0 heterocycles. The van der Waals surface area contributed by atoms with Crippen LogP contribution in [-0.4, -0.2) is 38.0 Å². The average Bonchev–Trinajstić information content (AvgIpc) is 2.78. The fourth-order valence-corrected chi connectivity index (χ4v) is 4.27. The minimum atomic E-state index is -0.371. The van der Waals surface area contributed by atoms with Crippen molar-refractivity contribution < 1.29 is 28.9 Å². The van der Waals surface area contributed by atoms with Crippen LogP contribution in [-0.2, 0) is 0 Å². The van der Waals surface area contributed by atoms with E-state index in [9.17, 15) is 14.7 Å². The highest BCUT2D eigenvalue weighted by molar-refractivity contribution is 6.42. The van der Waals surface area contributed by atoms with Gasteiger partial charge in [0.05, 0.1) is 32.3 Å². The van der Waals surface area contributed by atoms with Crippen LogP contribution in [0.1, 0.15) is 38.8 Å². The number of carbonyl (C=O) groups is 2. The summed E-state index contributed by atoms with van der Waals surface area (Å²) in [6.45, 7) is 3.38. The molecule has 4 rings (SSSR count). The van der Waals surface area contributed by atoms with E-state index in [4.69, 9.17) is 14.2 Å². The average molecular weight is 418 g/mol. The number of hydrogen-bond acceptors (Lipinski definition) is 6. The lowest BCUT2D eigenvalue weighted by Crippen LogP contribution is -2.21. The zero-order valence-corrected chi connectivity index (χ0v) is 18.0. The van der Waals surface area contributed by atoms with Gasteiger partial charge in [0.2, 0.25) is 0 Å². The Morgan fingerprint density at radius 3 is 2.06 bits per heavy atom. The molecule has 6 nitrogen and oxygen atoms in total. The largest absolute Gasteiger partial charge is 0.506 e. The van der Waals surface area contributed by atoms with Crippen molar-refractivity contribution in [3.05, 3.63) is 64.2 Å². The molecule has 31 heavy (non-hydrogen) atoms. The molecular formula is C25H22O6. The summed E-state index contributed by atoms with van der Waals surface area (Å²) in [5, 5.41) is 12.4. The monoisotopic (exact) mass is 418 g/mol. The van der Waals surface area contributed by atoms with E-state index in [-0.39, 0.29) is 34.0 Å². The van der Waals surface area contributed by atoms with Gasteiger partial charge in [0, 0.05) is 27.7 Å². The van der Waals surface area contributed by atoms with Gasteiger partial charge >= 0.3 is 0 Å². The molecule has 3 aromatic carbocycles. The molecule has 0 spiro atoms. The zero-order valence-electron chi connectivity index (χ0n) is 18.0. The number of rotatable bonds is 4. The van der Waals surface area contributed by atoms with Crippen LogP contribution in [0.15, 0.2) is 42.0 Å². The van der Waals surface area contributed by atoms with Gasteiger partial charge in [-0.1, -0.05) is 12.1 Å². The fourth-order valence-electron chi connectivity index (χ4n) is 4.27. The quantitative estimate of drug-likeness (QED) is 0.660. The number of ether oxygens (including phenoxy) is 3. The highest BCUT2D eigenvalue weighted by Crippen LogP contribution is 2.47. The topological polar surface area (TPSA) is 82.1 Å². The molecule has 0 aromatic heterocycles. The number of methoxy groups -OCH3 is 3. The van der Waals surface area contributed by atoms with E-state index in [1.807, 2.05) is 6.07 Å². The van der Waals surface area contributed by atoms with E-state index in [2.05, 4.69) is 0 Å². The molecule has 158 valence electrons. The SMILES string of the molecule is COc1cccc2c1C(=O)C(c1c(C)cc3c(OC)ccc(OC)c3c1O)=C(C)C2=O. The maximum atomic E-state index is 13.6. The Morgan fingerprint density at radius 1 is 0.774 bits per heavy atom. The molecule has 3 aromatic rings. The Kier molecular flexibility index (Phi) is 4.93. The Balaban J connectivity index is 2.08. The van der Waals surface area contributed by atoms with Crippen LogP contribution < -0.4 is 14.2 Å². The molecule has 0 saturated heterocycles. The number of phenolic OH excluding ortho intramolecular Hbond substituents is 1. The Bertz CT molecular complexity index is 1300. The Morgan fingerprint density at radius 2 is 1.42 bits per heavy atom. The van der Waals surface area contributed by atoms with E-state index in [0.717, 1.165) is 0 Å². The summed E-state index contributed by atoms with van der Waals surface area (Å²) in [4.78, 5) is 26.7. The smallest absolute Gasteiger partial charge is 0.198 e. The second kappa shape index (κ2) is 7.47. The van der Waals surface area contributed by atoms with Crippen molar-refractivity contribution in [2.24, 2.45) is 0 Å². The van der Waals surface area contributed by atoms with Gasteiger partial charge in [-0.3, -0.25) is 9.59 Å². The molecule has 1 aliphatic carbocycles. The van der Waals surface area contributed by atoms with Crippen LogP contribution in [0.3, 0.4) is 0 Å². The second-order valence-electron chi connectivity index (χ2n) is 7.35. The summed E-state index contributed by atoms with van der Waals surface area (Å²) in [6.07, 6.45) is 0. The van der Waals surface area contributed by atoms with Gasteiger partial charge in [-0.2, -0.15) is 0 Å². The number of ketones is 2. The molecule has 6 heteroatoms. The summed E-state index contributed by atoms with van der Waals surface area (Å²) in [5.74, 6) is 0.520. The van der Waals surface area contributed by atoms with E-state index >= 15 is 0 Å². The van der Waals surface area contributed by atoms with Crippen LogP contribution in [0.5, 0.6) is 23.0 Å². The minimum Gasteiger partial charge on any atom is -0.506 e. The lowest BCUT2D eigenvalue weighted by atomic mass is 9.79. The minimum absolute atomic E-state index is 0.139. The number of aromatic hydroxyl groups is 1. The van der Waals surface area contributed by atoms with Crippen LogP contribution in [0.4, 0.5) is 0 Å². The van der Waals surface area contributed by atoms with Gasteiger partial charge in [0.1, 0.15) is 23.0 Å². The zero-order chi connectivity index (χ0) is 22.4. The van der Waals surface area contributed by atoms with Crippen molar-refractivity contribution in [3.8, 4) is 23.0 Å². The van der Waals surface area contributed by atoms with Gasteiger partial charge in [-0.15, -0.1) is 0 Å². The van der Waals surface area contributed by atoms with Gasteiger partial charge in [0.15, 0.2) is 11.6 Å². The Hall–Kier alpha value is -3.80. The molecule has 0 atom stereocenters. The van der Waals surface area contributed by atoms with Gasteiger partial charge in [-0.25, -0.2) is 0 Å². The third-order valence-electron chi connectivity index (χ3n) is 5.75. The Labute approximate surface area is 179 Å². The molecule has 1 aliphatic rings. The summed E-state index contributed by atoms with van der Waals surface area (Å²) in [6, 6.07) is 10.2. The summed E-state index contributed by atoms with van der Waals surface area (Å²) in [5.41, 5.74) is 1.85. The first-order chi connectivity index (χ1) is 14.8. The number of allylic oxidation sites excluding steroid dienone is 2. The van der Waals surface area contributed by atoms with Gasteiger partial charge < -0.3 is 19.3 Å². The van der Waals surface area contributed by atoms with Crippen LogP contribution >= 0.6 is 0 Å². The highest BCUT2D eigenvalue weighted by atomic mass is 16.5. The molecule has 0 fully saturated rings. The van der Waals surface area contributed by atoms with Crippen LogP contribution in [0.25, 0.3) is 16.3 Å². The first kappa shape index (κ1) is 20.5. The van der Waals surface area contributed by atoms with Crippen molar-refractivity contribution >= 4 is 27.9 Å². The first-order valence-corrected chi connectivity index (χ1v) is 9.70. The van der Waals surface area contributed by atoms with Gasteiger partial charge in [-0.05, 0) is 43.7 Å². The number of carbonyl (C=O) groups excluding carboxylic acids is 2. The number of aryl methyl sites for hydroxylation is 1. The van der Waals surface area contributed by atoms with Crippen LogP contribution in [0, 0.1) is 6.92 Å². The van der Waals surface area contributed by atoms with Gasteiger partial charge in [0.25, 0.3) is 0 Å². The lowest BCUT2D eigenvalue weighted by molar-refractivity contribution is 0.0989. The number of fused-ring (bicyclic) bond motifs is 2. The standard InChI is InChI=1S/C25H22O6/c1-12-11-15-16(29-3)9-10-18(31-5)22(15)24(27)19(12)20-13(2)23(26)14-7-6-8-17(30-4)21(14)25(20)28/h6-11,27H,1-5H3. The fraction of sp³-hybridized carbons (Fsp3) is 0.200. The van der Waals surface area contributed by atoms with E-state index in [0.29, 0.717) is 44.7 Å². The molecule has 0 radical (unpaired) electrons. The molecule has 1 N–H and O–H groups in total. The maximum Gasteiger partial charge on any atom is 0.198 e. The summed E-state index contributed by atoms with van der Waals surface area (Å²) < 4.78 is 16.2. The van der Waals surface area contributed by atoms with E-state index < -0.39 is 0 Å². The van der Waals surface area contributed by atoms with Crippen molar-refractivity contribution in [1.82, 2.24) is 0 Å². The third-order valence-corrected chi connectivity index (χ3v) is 5.75. The van der Waals surface area contributed by atoms with E-state index in [1.165, 1.54) is 14.2 Å². The van der Waals surface area contributed by atoms with Crippen molar-refractivity contribution in [1.29, 1.82) is 0 Å². The summed E-state index contributed by atoms with van der Waals surface area (Å²) >= 11 is 0.